The zero-order chi connectivity index (χ0) is 16.8. The highest BCUT2D eigenvalue weighted by atomic mass is 16.1. The van der Waals surface area contributed by atoms with Crippen molar-refractivity contribution in [3.63, 3.8) is 0 Å². The van der Waals surface area contributed by atoms with Gasteiger partial charge in [-0.05, 0) is 51.4 Å². The highest BCUT2D eigenvalue weighted by Gasteiger charge is 1.86. The summed E-state index contributed by atoms with van der Waals surface area (Å²) >= 11 is 0. The molecule has 0 aliphatic rings. The Morgan fingerprint density at radius 2 is 1.09 bits per heavy atom. The predicted octanol–water partition coefficient (Wildman–Crippen LogP) is 6.80. The minimum Gasteiger partial charge on any atom is -0.291 e. The van der Waals surface area contributed by atoms with Crippen LogP contribution in [0.2, 0.25) is 0 Å². The molecule has 127 valence electrons. The van der Waals surface area contributed by atoms with Gasteiger partial charge in [0, 0.05) is 6.42 Å². The average molecular weight is 314 g/mol. The molecule has 0 aromatic carbocycles. The van der Waals surface area contributed by atoms with Crippen LogP contribution in [-0.4, -0.2) is 6.29 Å². The van der Waals surface area contributed by atoms with Crippen LogP contribution in [0, 0.1) is 0 Å². The van der Waals surface area contributed by atoms with Gasteiger partial charge in [-0.15, -0.1) is 0 Å². The van der Waals surface area contributed by atoms with E-state index in [0.717, 1.165) is 51.4 Å². The Labute approximate surface area is 143 Å². The summed E-state index contributed by atoms with van der Waals surface area (Å²) in [5.41, 5.74) is 0. The normalized spacial score (nSPS) is 12.7. The van der Waals surface area contributed by atoms with Crippen LogP contribution in [0.3, 0.4) is 0 Å². The van der Waals surface area contributed by atoms with Crippen LogP contribution in [0.5, 0.6) is 0 Å². The molecule has 0 fully saturated rings. The lowest BCUT2D eigenvalue weighted by molar-refractivity contribution is 0.545. The third-order valence-electron chi connectivity index (χ3n) is 3.31. The van der Waals surface area contributed by atoms with Crippen molar-refractivity contribution in [3.8, 4) is 0 Å². The van der Waals surface area contributed by atoms with E-state index in [0.29, 0.717) is 6.42 Å². The van der Waals surface area contributed by atoms with E-state index < -0.39 is 0 Å². The van der Waals surface area contributed by atoms with Gasteiger partial charge >= 0.3 is 0 Å². The summed E-state index contributed by atoms with van der Waals surface area (Å²) < 4.78 is 0. The van der Waals surface area contributed by atoms with Crippen LogP contribution in [0.25, 0.3) is 0 Å². The molecular formula is C22H33O. The Hall–Kier alpha value is -1.63. The quantitative estimate of drug-likeness (QED) is 0.240. The van der Waals surface area contributed by atoms with Gasteiger partial charge in [-0.2, -0.15) is 0 Å². The van der Waals surface area contributed by atoms with Gasteiger partial charge in [0.25, 0.3) is 0 Å². The fourth-order valence-electron chi connectivity index (χ4n) is 2.00. The fraction of sp³-hybridized carbons (Fsp3) is 0.500. The maximum Gasteiger partial charge on any atom is 0.198 e. The lowest BCUT2D eigenvalue weighted by atomic mass is 10.1. The van der Waals surface area contributed by atoms with E-state index in [4.69, 9.17) is 0 Å². The first-order chi connectivity index (χ1) is 11.4. The molecule has 0 bridgehead atoms. The topological polar surface area (TPSA) is 17.1 Å². The second kappa shape index (κ2) is 20.4. The zero-order valence-electron chi connectivity index (χ0n) is 14.8. The third kappa shape index (κ3) is 20.4. The summed E-state index contributed by atoms with van der Waals surface area (Å²) in [6, 6.07) is 0. The van der Waals surface area contributed by atoms with E-state index >= 15 is 0 Å². The molecule has 0 N–H and O–H groups in total. The lowest BCUT2D eigenvalue weighted by Crippen LogP contribution is -1.77. The van der Waals surface area contributed by atoms with Crippen LogP contribution in [0.15, 0.2) is 60.8 Å². The molecule has 0 saturated carbocycles. The van der Waals surface area contributed by atoms with Crippen molar-refractivity contribution in [1.82, 2.24) is 0 Å². The van der Waals surface area contributed by atoms with Crippen molar-refractivity contribution in [2.75, 3.05) is 0 Å². The summed E-state index contributed by atoms with van der Waals surface area (Å²) in [7, 11) is 0. The second-order valence-electron chi connectivity index (χ2n) is 5.45. The maximum absolute atomic E-state index is 10.0. The Morgan fingerprint density at radius 1 is 0.609 bits per heavy atom. The zero-order valence-corrected chi connectivity index (χ0v) is 14.8. The van der Waals surface area contributed by atoms with E-state index in [9.17, 15) is 4.79 Å². The first kappa shape index (κ1) is 21.4. The van der Waals surface area contributed by atoms with Crippen molar-refractivity contribution in [1.29, 1.82) is 0 Å². The summed E-state index contributed by atoms with van der Waals surface area (Å²) in [5, 5.41) is 0. The summed E-state index contributed by atoms with van der Waals surface area (Å²) in [6.45, 7) is 2.16. The van der Waals surface area contributed by atoms with Gasteiger partial charge in [0.2, 0.25) is 0 Å². The van der Waals surface area contributed by atoms with Crippen LogP contribution in [0.1, 0.15) is 71.1 Å². The number of hydrogen-bond acceptors (Lipinski definition) is 1. The predicted molar refractivity (Wildman–Crippen MR) is 103 cm³/mol. The highest BCUT2D eigenvalue weighted by molar-refractivity contribution is 5.50. The standard InChI is InChI=1S/C22H33O/c1-2-3-4-5-6-7-8-9-10-11-12-13-14-15-16-17-18-19-20-21-22-23/h3-4,6-7,9-10,12-13,15-16H,2,5,8,11,14,17-21H2,1H3/b4-3-,7-6-,10-9-,13-12-,16-15-. The Balaban J connectivity index is 3.40. The molecule has 23 heavy (non-hydrogen) atoms. The van der Waals surface area contributed by atoms with E-state index in [1.165, 1.54) is 6.42 Å². The van der Waals surface area contributed by atoms with Gasteiger partial charge in [0.05, 0.1) is 0 Å². The summed E-state index contributed by atoms with van der Waals surface area (Å²) in [5.74, 6) is 0. The molecule has 0 unspecified atom stereocenters. The van der Waals surface area contributed by atoms with Gasteiger partial charge in [-0.3, -0.25) is 4.79 Å². The SMILES string of the molecule is CC/C=C\C/C=C\C/C=C\C/C=C\C/C=C\CCCCC[C]=O. The lowest BCUT2D eigenvalue weighted by Gasteiger charge is -1.92. The molecule has 0 spiro atoms. The maximum atomic E-state index is 10.0. The molecule has 0 aliphatic heterocycles. The molecular weight excluding hydrogens is 280 g/mol. The molecule has 0 heterocycles. The Morgan fingerprint density at radius 3 is 1.57 bits per heavy atom. The molecule has 0 amide bonds. The molecule has 0 rings (SSSR count). The van der Waals surface area contributed by atoms with E-state index in [1.54, 1.807) is 0 Å². The molecule has 0 aromatic rings. The minimum absolute atomic E-state index is 0.589. The number of hydrogen-bond donors (Lipinski definition) is 0. The van der Waals surface area contributed by atoms with Crippen LogP contribution in [0.4, 0.5) is 0 Å². The molecule has 1 heteroatoms. The van der Waals surface area contributed by atoms with Gasteiger partial charge in [0.15, 0.2) is 6.29 Å². The van der Waals surface area contributed by atoms with Crippen molar-refractivity contribution in [2.45, 2.75) is 71.1 Å². The Bertz CT molecular complexity index is 383. The molecule has 0 atom stereocenters. The Kier molecular flexibility index (Phi) is 18.9. The van der Waals surface area contributed by atoms with Crippen LogP contribution >= 0.6 is 0 Å². The average Bonchev–Trinajstić information content (AvgIpc) is 2.57. The first-order valence-corrected chi connectivity index (χ1v) is 9.01. The van der Waals surface area contributed by atoms with Crippen molar-refractivity contribution in [3.05, 3.63) is 60.8 Å². The highest BCUT2D eigenvalue weighted by Crippen LogP contribution is 2.03. The van der Waals surface area contributed by atoms with E-state index in [1.807, 2.05) is 6.29 Å². The number of carbonyl (C=O) groups excluding carboxylic acids is 1. The largest absolute Gasteiger partial charge is 0.291 e. The van der Waals surface area contributed by atoms with Crippen LogP contribution < -0.4 is 0 Å². The number of unbranched alkanes of at least 4 members (excludes halogenated alkanes) is 4. The molecule has 0 aliphatic carbocycles. The smallest absolute Gasteiger partial charge is 0.198 e. The van der Waals surface area contributed by atoms with Crippen molar-refractivity contribution >= 4 is 6.29 Å². The minimum atomic E-state index is 0.589. The molecule has 0 saturated heterocycles. The summed E-state index contributed by atoms with van der Waals surface area (Å²) in [4.78, 5) is 10.0. The van der Waals surface area contributed by atoms with Crippen molar-refractivity contribution in [2.24, 2.45) is 0 Å². The van der Waals surface area contributed by atoms with Crippen LogP contribution in [-0.2, 0) is 4.79 Å². The second-order valence-corrected chi connectivity index (χ2v) is 5.45. The van der Waals surface area contributed by atoms with Gasteiger partial charge in [-0.25, -0.2) is 0 Å². The molecule has 1 radical (unpaired) electrons. The number of rotatable bonds is 15. The van der Waals surface area contributed by atoms with Gasteiger partial charge < -0.3 is 0 Å². The van der Waals surface area contributed by atoms with E-state index in [2.05, 4.69) is 67.7 Å². The molecule has 0 aromatic heterocycles. The number of allylic oxidation sites excluding steroid dienone is 10. The van der Waals surface area contributed by atoms with Gasteiger partial charge in [0.1, 0.15) is 0 Å². The van der Waals surface area contributed by atoms with Crippen molar-refractivity contribution < 1.29 is 4.79 Å². The van der Waals surface area contributed by atoms with E-state index in [-0.39, 0.29) is 0 Å². The first-order valence-electron chi connectivity index (χ1n) is 9.01. The third-order valence-corrected chi connectivity index (χ3v) is 3.31. The fourth-order valence-corrected chi connectivity index (χ4v) is 2.00. The summed E-state index contributed by atoms with van der Waals surface area (Å²) in [6.07, 6.45) is 34.3. The monoisotopic (exact) mass is 313 g/mol. The van der Waals surface area contributed by atoms with Gasteiger partial charge in [-0.1, -0.05) is 74.1 Å². The molecule has 1 nitrogen and oxygen atoms in total.